The average Bonchev–Trinajstić information content (AvgIpc) is 2.96. The van der Waals surface area contributed by atoms with Crippen LogP contribution in [0.3, 0.4) is 0 Å². The van der Waals surface area contributed by atoms with Crippen molar-refractivity contribution in [3.63, 3.8) is 0 Å². The summed E-state index contributed by atoms with van der Waals surface area (Å²) >= 11 is 0. The van der Waals surface area contributed by atoms with E-state index in [0.29, 0.717) is 18.0 Å². The van der Waals surface area contributed by atoms with Crippen molar-refractivity contribution in [2.45, 2.75) is 81.2 Å². The van der Waals surface area contributed by atoms with Crippen LogP contribution in [0, 0.1) is 23.2 Å². The van der Waals surface area contributed by atoms with E-state index in [1.54, 1.807) is 15.5 Å². The minimum atomic E-state index is -1.35. The van der Waals surface area contributed by atoms with Crippen LogP contribution in [0.2, 0.25) is 0 Å². The van der Waals surface area contributed by atoms with Crippen molar-refractivity contribution >= 4 is 23.4 Å². The Morgan fingerprint density at radius 1 is 1.03 bits per heavy atom. The maximum absolute atomic E-state index is 10.0. The summed E-state index contributed by atoms with van der Waals surface area (Å²) in [7, 11) is 2.15. The Bertz CT molecular complexity index is 1210. The van der Waals surface area contributed by atoms with Gasteiger partial charge in [0.25, 0.3) is 0 Å². The summed E-state index contributed by atoms with van der Waals surface area (Å²) in [6, 6.07) is 14.9. The smallest absolute Gasteiger partial charge is 0.0672 e. The topological polar surface area (TPSA) is 30.3 Å². The van der Waals surface area contributed by atoms with Crippen LogP contribution in [-0.4, -0.2) is 41.8 Å². The van der Waals surface area contributed by atoms with Crippen molar-refractivity contribution in [3.8, 4) is 6.07 Å². The normalized spacial score (nSPS) is 36.1. The Balaban J connectivity index is 1.44. The first-order chi connectivity index (χ1) is 18.2. The molecule has 37 heavy (non-hydrogen) atoms. The molecule has 2 fully saturated rings. The second-order valence-corrected chi connectivity index (χ2v) is 16.6. The van der Waals surface area contributed by atoms with Gasteiger partial charge < -0.3 is 9.80 Å². The van der Waals surface area contributed by atoms with Gasteiger partial charge in [-0.25, -0.2) is 0 Å². The molecule has 2 heterocycles. The van der Waals surface area contributed by atoms with E-state index in [1.165, 1.54) is 43.7 Å². The van der Waals surface area contributed by atoms with Crippen LogP contribution < -0.4 is 0 Å². The van der Waals surface area contributed by atoms with E-state index in [-0.39, 0.29) is 5.92 Å². The molecule has 0 bridgehead atoms. The largest absolute Gasteiger partial charge is 0.340 e. The third-order valence-electron chi connectivity index (χ3n) is 9.35. The zero-order valence-corrected chi connectivity index (χ0v) is 23.9. The lowest BCUT2D eigenvalue weighted by Gasteiger charge is -2.54. The fourth-order valence-electron chi connectivity index (χ4n) is 7.85. The Kier molecular flexibility index (Phi) is 7.24. The quantitative estimate of drug-likeness (QED) is 0.367. The van der Waals surface area contributed by atoms with Crippen LogP contribution in [0.5, 0.6) is 0 Å². The predicted octanol–water partition coefficient (Wildman–Crippen LogP) is 8.37. The van der Waals surface area contributed by atoms with Crippen molar-refractivity contribution in [1.29, 1.82) is 5.26 Å². The highest BCUT2D eigenvalue weighted by atomic mass is 32.8. The van der Waals surface area contributed by atoms with Crippen LogP contribution in [-0.2, 0) is 0 Å². The van der Waals surface area contributed by atoms with Crippen molar-refractivity contribution in [2.24, 2.45) is 11.8 Å². The molecule has 5 heteroatoms. The van der Waals surface area contributed by atoms with E-state index in [0.717, 1.165) is 45.1 Å². The Labute approximate surface area is 226 Å². The van der Waals surface area contributed by atoms with Gasteiger partial charge in [-0.3, -0.25) is 0 Å². The van der Waals surface area contributed by atoms with Gasteiger partial charge in [-0.15, -0.1) is 9.65 Å². The van der Waals surface area contributed by atoms with Crippen LogP contribution in [0.1, 0.15) is 64.2 Å². The van der Waals surface area contributed by atoms with Gasteiger partial charge in [-0.2, -0.15) is 5.26 Å². The minimum absolute atomic E-state index is 0.181. The Hall–Kier alpha value is -2.05. The zero-order valence-electron chi connectivity index (χ0n) is 22.2. The molecule has 2 aliphatic heterocycles. The molecule has 0 spiro atoms. The first kappa shape index (κ1) is 25.2. The molecule has 0 amide bonds. The van der Waals surface area contributed by atoms with Gasteiger partial charge in [0.15, 0.2) is 0 Å². The summed E-state index contributed by atoms with van der Waals surface area (Å²) in [6.07, 6.45) is 26.1. The summed E-state index contributed by atoms with van der Waals surface area (Å²) < 4.78 is 0. The van der Waals surface area contributed by atoms with Crippen molar-refractivity contribution in [1.82, 2.24) is 9.80 Å². The zero-order chi connectivity index (χ0) is 25.4. The molecule has 3 nitrogen and oxygen atoms in total. The molecule has 1 aromatic rings. The number of nitriles is 1. The molecule has 1 saturated carbocycles. The molecule has 5 unspecified atom stereocenters. The summed E-state index contributed by atoms with van der Waals surface area (Å²) in [5.41, 5.74) is 3.07. The van der Waals surface area contributed by atoms with Crippen LogP contribution in [0.15, 0.2) is 80.7 Å². The highest BCUT2D eigenvalue weighted by molar-refractivity contribution is 8.76. The molecule has 194 valence electrons. The van der Waals surface area contributed by atoms with Gasteiger partial charge in [-0.05, 0) is 103 Å². The predicted molar refractivity (Wildman–Crippen MR) is 159 cm³/mol. The molecule has 5 atom stereocenters. The van der Waals surface area contributed by atoms with Gasteiger partial charge in [0.05, 0.1) is 17.7 Å². The fraction of sp³-hybridized carbons (Fsp3) is 0.500. The summed E-state index contributed by atoms with van der Waals surface area (Å²) in [5, 5.41) is 10.0. The third-order valence-corrected chi connectivity index (χ3v) is 15.9. The molecule has 0 aromatic heterocycles. The highest BCUT2D eigenvalue weighted by Gasteiger charge is 2.46. The summed E-state index contributed by atoms with van der Waals surface area (Å²) in [4.78, 5) is 10.0. The van der Waals surface area contributed by atoms with Crippen molar-refractivity contribution in [3.05, 3.63) is 75.8 Å². The second-order valence-electron chi connectivity index (χ2n) is 11.3. The third kappa shape index (κ3) is 4.19. The van der Waals surface area contributed by atoms with Gasteiger partial charge in [0.2, 0.25) is 0 Å². The Morgan fingerprint density at radius 2 is 1.84 bits per heavy atom. The lowest BCUT2D eigenvalue weighted by atomic mass is 9.73. The maximum atomic E-state index is 10.0. The number of benzene rings is 1. The summed E-state index contributed by atoms with van der Waals surface area (Å²) in [5.74, 6) is 0.786. The second kappa shape index (κ2) is 10.6. The summed E-state index contributed by atoms with van der Waals surface area (Å²) in [6.45, 7) is 1.14. The minimum Gasteiger partial charge on any atom is -0.340 e. The Morgan fingerprint density at radius 3 is 2.65 bits per heavy atom. The lowest BCUT2D eigenvalue weighted by molar-refractivity contribution is 0.0576. The van der Waals surface area contributed by atoms with Gasteiger partial charge in [0.1, 0.15) is 0 Å². The van der Waals surface area contributed by atoms with E-state index in [9.17, 15) is 5.26 Å². The number of rotatable bonds is 4. The van der Waals surface area contributed by atoms with Crippen LogP contribution in [0.25, 0.3) is 0 Å². The first-order valence-corrected chi connectivity index (χ1v) is 17.6. The van der Waals surface area contributed by atoms with E-state index >= 15 is 0 Å². The standard InChI is InChI=1S/C32H40N3PS/c1-34-21-11-13-25(23-33)32(34)24-12-10-14-26(22-24)35-28-17-6-8-19-30(28)37(36-2,27-15-4-3-5-16-27)31-20-9-7-18-29(31)35/h3-6,9,15-17,20,24-26,32H,2,7-8,10-14,18-19,21-22H2,1H3. The molecule has 0 N–H and O–H groups in total. The fourth-order valence-corrected chi connectivity index (χ4v) is 14.1. The number of hydrogen-bond acceptors (Lipinski definition) is 3. The number of likely N-dealkylation sites (tertiary alicyclic amines) is 1. The molecule has 3 aliphatic carbocycles. The van der Waals surface area contributed by atoms with Gasteiger partial charge in [-0.1, -0.05) is 49.1 Å². The monoisotopic (exact) mass is 529 g/mol. The average molecular weight is 530 g/mol. The van der Waals surface area contributed by atoms with Crippen molar-refractivity contribution < 1.29 is 0 Å². The van der Waals surface area contributed by atoms with E-state index in [4.69, 9.17) is 0 Å². The molecule has 0 radical (unpaired) electrons. The number of piperidine rings is 1. The number of allylic oxidation sites excluding steroid dienone is 6. The van der Waals surface area contributed by atoms with E-state index < -0.39 is 9.65 Å². The number of hydrogen-bond donors (Lipinski definition) is 0. The van der Waals surface area contributed by atoms with E-state index in [1.807, 2.05) is 0 Å². The number of nitrogens with zero attached hydrogens (tertiary/aromatic N) is 3. The first-order valence-electron chi connectivity index (χ1n) is 14.2. The van der Waals surface area contributed by atoms with E-state index in [2.05, 4.69) is 83.9 Å². The molecule has 6 rings (SSSR count). The molecular formula is C32H40N3PS. The SMILES string of the molecule is C=PS1(c2ccccc2)C2=C(CCC=C2)N(C2CCCC(C3C(C#N)CCCN3C)C2)C2=C1CCC=C2. The highest BCUT2D eigenvalue weighted by Crippen LogP contribution is 2.81. The maximum Gasteiger partial charge on any atom is 0.0672 e. The van der Waals surface area contributed by atoms with Crippen LogP contribution in [0.4, 0.5) is 0 Å². The van der Waals surface area contributed by atoms with Crippen LogP contribution >= 0.6 is 17.1 Å². The molecular weight excluding hydrogens is 489 g/mol. The van der Waals surface area contributed by atoms with Gasteiger partial charge in [0, 0.05) is 32.5 Å². The molecule has 5 aliphatic rings. The van der Waals surface area contributed by atoms with Gasteiger partial charge >= 0.3 is 0 Å². The van der Waals surface area contributed by atoms with Crippen molar-refractivity contribution in [2.75, 3.05) is 13.6 Å². The molecule has 1 aromatic carbocycles. The molecule has 1 saturated heterocycles. The lowest BCUT2D eigenvalue weighted by Crippen LogP contribution is -2.50.